The van der Waals surface area contributed by atoms with E-state index in [1.54, 1.807) is 0 Å². The second kappa shape index (κ2) is 8.24. The van der Waals surface area contributed by atoms with Crippen LogP contribution in [-0.2, 0) is 4.74 Å². The first-order valence-corrected chi connectivity index (χ1v) is 10.6. The van der Waals surface area contributed by atoms with E-state index >= 15 is 0 Å². The first-order chi connectivity index (χ1) is 12.8. The molecule has 136 valence electrons. The summed E-state index contributed by atoms with van der Waals surface area (Å²) in [5, 5.41) is 2.64. The van der Waals surface area contributed by atoms with E-state index in [2.05, 4.69) is 55.5 Å². The van der Waals surface area contributed by atoms with Crippen molar-refractivity contribution >= 4 is 37.6 Å². The van der Waals surface area contributed by atoms with Gasteiger partial charge >= 0.3 is 0 Å². The van der Waals surface area contributed by atoms with Crippen molar-refractivity contribution < 1.29 is 9.47 Å². The van der Waals surface area contributed by atoms with Crippen LogP contribution in [0.5, 0.6) is 5.75 Å². The zero-order chi connectivity index (χ0) is 17.8. The summed E-state index contributed by atoms with van der Waals surface area (Å²) in [5.74, 6) is 0.913. The molecule has 2 aromatic carbocycles. The smallest absolute Gasteiger partial charge is 0.199 e. The van der Waals surface area contributed by atoms with E-state index in [1.807, 2.05) is 11.3 Å². The van der Waals surface area contributed by atoms with Crippen LogP contribution in [-0.4, -0.2) is 12.9 Å². The molecule has 3 aromatic rings. The van der Waals surface area contributed by atoms with Gasteiger partial charge in [0.2, 0.25) is 0 Å². The minimum Gasteiger partial charge on any atom is -0.465 e. The maximum absolute atomic E-state index is 6.03. The number of unbranched alkanes of at least 4 members (excludes halogenated alkanes) is 2. The van der Waals surface area contributed by atoms with Crippen LogP contribution in [0.15, 0.2) is 42.5 Å². The largest absolute Gasteiger partial charge is 0.465 e. The van der Waals surface area contributed by atoms with Crippen LogP contribution in [0, 0.1) is 0 Å². The SMILES string of the molecule is CCCC/C=C/c1ccc2c(c1)sc1cc(OC3CCCCO3)ccc12. The maximum atomic E-state index is 6.03. The van der Waals surface area contributed by atoms with Crippen LogP contribution in [0.1, 0.15) is 51.0 Å². The number of thiophene rings is 1. The van der Waals surface area contributed by atoms with Crippen LogP contribution in [0.3, 0.4) is 0 Å². The Morgan fingerprint density at radius 2 is 1.96 bits per heavy atom. The third-order valence-electron chi connectivity index (χ3n) is 4.91. The molecular weight excluding hydrogens is 340 g/mol. The first-order valence-electron chi connectivity index (χ1n) is 9.74. The molecule has 1 aliphatic heterocycles. The molecule has 0 amide bonds. The molecule has 2 heterocycles. The molecule has 0 N–H and O–H groups in total. The minimum atomic E-state index is -0.0876. The van der Waals surface area contributed by atoms with Gasteiger partial charge in [-0.15, -0.1) is 11.3 Å². The lowest BCUT2D eigenvalue weighted by Crippen LogP contribution is -2.24. The van der Waals surface area contributed by atoms with Crippen molar-refractivity contribution in [2.24, 2.45) is 0 Å². The van der Waals surface area contributed by atoms with Gasteiger partial charge in [0.25, 0.3) is 0 Å². The van der Waals surface area contributed by atoms with E-state index in [4.69, 9.17) is 9.47 Å². The summed E-state index contributed by atoms with van der Waals surface area (Å²) in [4.78, 5) is 0. The maximum Gasteiger partial charge on any atom is 0.199 e. The lowest BCUT2D eigenvalue weighted by atomic mass is 10.1. The Bertz CT molecular complexity index is 903. The number of fused-ring (bicyclic) bond motifs is 3. The van der Waals surface area contributed by atoms with E-state index in [9.17, 15) is 0 Å². The summed E-state index contributed by atoms with van der Waals surface area (Å²) in [5.41, 5.74) is 1.28. The highest BCUT2D eigenvalue weighted by Gasteiger charge is 2.15. The molecule has 26 heavy (non-hydrogen) atoms. The molecule has 3 heteroatoms. The Kier molecular flexibility index (Phi) is 5.57. The predicted molar refractivity (Wildman–Crippen MR) is 112 cm³/mol. The summed E-state index contributed by atoms with van der Waals surface area (Å²) in [6.45, 7) is 3.04. The fraction of sp³-hybridized carbons (Fsp3) is 0.391. The molecule has 1 fully saturated rings. The number of rotatable bonds is 6. The second-order valence-corrected chi connectivity index (χ2v) is 8.06. The molecule has 0 saturated carbocycles. The fourth-order valence-electron chi connectivity index (χ4n) is 3.45. The Labute approximate surface area is 159 Å². The zero-order valence-corrected chi connectivity index (χ0v) is 16.2. The molecule has 2 nitrogen and oxygen atoms in total. The molecule has 1 unspecified atom stereocenters. The van der Waals surface area contributed by atoms with E-state index in [1.165, 1.54) is 45.0 Å². The van der Waals surface area contributed by atoms with Crippen molar-refractivity contribution in [2.45, 2.75) is 51.7 Å². The van der Waals surface area contributed by atoms with Gasteiger partial charge in [-0.25, -0.2) is 0 Å². The van der Waals surface area contributed by atoms with Crippen molar-refractivity contribution in [2.75, 3.05) is 6.61 Å². The van der Waals surface area contributed by atoms with Crippen molar-refractivity contribution in [1.29, 1.82) is 0 Å². The van der Waals surface area contributed by atoms with E-state index < -0.39 is 0 Å². The summed E-state index contributed by atoms with van der Waals surface area (Å²) >= 11 is 1.84. The number of ether oxygens (including phenoxy) is 2. The Morgan fingerprint density at radius 3 is 2.77 bits per heavy atom. The summed E-state index contributed by atoms with van der Waals surface area (Å²) in [6, 6.07) is 13.2. The van der Waals surface area contributed by atoms with Crippen molar-refractivity contribution in [3.63, 3.8) is 0 Å². The second-order valence-electron chi connectivity index (χ2n) is 6.97. The van der Waals surface area contributed by atoms with Crippen molar-refractivity contribution in [3.05, 3.63) is 48.0 Å². The summed E-state index contributed by atoms with van der Waals surface area (Å²) < 4.78 is 14.3. The Hall–Kier alpha value is -1.84. The van der Waals surface area contributed by atoms with Crippen LogP contribution >= 0.6 is 11.3 Å². The molecule has 0 radical (unpaired) electrons. The monoisotopic (exact) mass is 366 g/mol. The van der Waals surface area contributed by atoms with Gasteiger partial charge < -0.3 is 9.47 Å². The topological polar surface area (TPSA) is 18.5 Å². The lowest BCUT2D eigenvalue weighted by molar-refractivity contribution is -0.105. The van der Waals surface area contributed by atoms with E-state index in [0.29, 0.717) is 0 Å². The molecule has 1 aromatic heterocycles. The van der Waals surface area contributed by atoms with Crippen LogP contribution in [0.4, 0.5) is 0 Å². The van der Waals surface area contributed by atoms with Gasteiger partial charge in [-0.2, -0.15) is 0 Å². The normalized spacial score (nSPS) is 18.1. The Morgan fingerprint density at radius 1 is 1.12 bits per heavy atom. The molecule has 1 aliphatic rings. The number of benzene rings is 2. The van der Waals surface area contributed by atoms with Crippen LogP contribution in [0.2, 0.25) is 0 Å². The van der Waals surface area contributed by atoms with Gasteiger partial charge in [-0.05, 0) is 49.1 Å². The highest BCUT2D eigenvalue weighted by atomic mass is 32.1. The average molecular weight is 367 g/mol. The van der Waals surface area contributed by atoms with Crippen LogP contribution < -0.4 is 4.74 Å². The predicted octanol–water partition coefficient (Wildman–Crippen LogP) is 7.16. The minimum absolute atomic E-state index is 0.0876. The number of hydrogen-bond donors (Lipinski definition) is 0. The van der Waals surface area contributed by atoms with Gasteiger partial charge in [0.05, 0.1) is 6.61 Å². The molecular formula is C23H26O2S. The molecule has 0 aliphatic carbocycles. The van der Waals surface area contributed by atoms with Crippen molar-refractivity contribution in [1.82, 2.24) is 0 Å². The molecule has 4 rings (SSSR count). The highest BCUT2D eigenvalue weighted by molar-refractivity contribution is 7.25. The van der Waals surface area contributed by atoms with Gasteiger partial charge in [-0.1, -0.05) is 44.1 Å². The van der Waals surface area contributed by atoms with Gasteiger partial charge in [0, 0.05) is 26.6 Å². The van der Waals surface area contributed by atoms with Gasteiger partial charge in [0.15, 0.2) is 6.29 Å². The van der Waals surface area contributed by atoms with Gasteiger partial charge in [-0.3, -0.25) is 0 Å². The van der Waals surface area contributed by atoms with Crippen LogP contribution in [0.25, 0.3) is 26.2 Å². The third-order valence-corrected chi connectivity index (χ3v) is 6.02. The summed E-state index contributed by atoms with van der Waals surface area (Å²) in [6.07, 6.45) is 11.4. The Balaban J connectivity index is 1.57. The highest BCUT2D eigenvalue weighted by Crippen LogP contribution is 2.37. The fourth-order valence-corrected chi connectivity index (χ4v) is 4.63. The quantitative estimate of drug-likeness (QED) is 0.431. The molecule has 0 spiro atoms. The lowest BCUT2D eigenvalue weighted by Gasteiger charge is -2.23. The molecule has 0 bridgehead atoms. The average Bonchev–Trinajstić information content (AvgIpc) is 3.03. The summed E-state index contributed by atoms with van der Waals surface area (Å²) in [7, 11) is 0. The van der Waals surface area contributed by atoms with E-state index in [-0.39, 0.29) is 6.29 Å². The van der Waals surface area contributed by atoms with Gasteiger partial charge in [0.1, 0.15) is 5.75 Å². The van der Waals surface area contributed by atoms with E-state index in [0.717, 1.165) is 31.6 Å². The first kappa shape index (κ1) is 17.6. The molecule has 1 atom stereocenters. The number of hydrogen-bond acceptors (Lipinski definition) is 3. The van der Waals surface area contributed by atoms with Crippen molar-refractivity contribution in [3.8, 4) is 5.75 Å². The molecule has 1 saturated heterocycles. The standard InChI is InChI=1S/C23H26O2S/c1-2-3-4-5-8-17-10-12-19-20-13-11-18(16-22(20)26-21(19)15-17)25-23-9-6-7-14-24-23/h5,8,10-13,15-16,23H,2-4,6-7,9,14H2,1H3/b8-5+. The third kappa shape index (κ3) is 3.94. The zero-order valence-electron chi connectivity index (χ0n) is 15.4. The number of allylic oxidation sites excluding steroid dienone is 1.